The van der Waals surface area contributed by atoms with E-state index in [4.69, 9.17) is 10.7 Å². The first-order valence-electron chi connectivity index (χ1n) is 7.92. The Morgan fingerprint density at radius 3 is 2.55 bits per heavy atom. The van der Waals surface area contributed by atoms with E-state index in [0.29, 0.717) is 12.5 Å². The van der Waals surface area contributed by atoms with Gasteiger partial charge in [0, 0.05) is 13.0 Å². The summed E-state index contributed by atoms with van der Waals surface area (Å²) in [5, 5.41) is 0. The first-order chi connectivity index (χ1) is 10.7. The quantitative estimate of drug-likeness (QED) is 0.779. The third-order valence-corrected chi connectivity index (χ3v) is 4.07. The summed E-state index contributed by atoms with van der Waals surface area (Å²) in [5.74, 6) is 1.59. The number of rotatable bonds is 5. The molecule has 114 valence electrons. The Balaban J connectivity index is 2.07. The van der Waals surface area contributed by atoms with Crippen LogP contribution in [0, 0.1) is 0 Å². The fraction of sp³-hybridized carbons (Fsp3) is 0.316. The minimum atomic E-state index is 0.515. The van der Waals surface area contributed by atoms with Crippen LogP contribution in [0.5, 0.6) is 0 Å². The van der Waals surface area contributed by atoms with Crippen molar-refractivity contribution in [2.24, 2.45) is 5.73 Å². The predicted octanol–water partition coefficient (Wildman–Crippen LogP) is 3.71. The summed E-state index contributed by atoms with van der Waals surface area (Å²) in [6, 6.07) is 17.1. The normalized spacial score (nSPS) is 11.5. The molecule has 22 heavy (non-hydrogen) atoms. The van der Waals surface area contributed by atoms with Crippen molar-refractivity contribution >= 4 is 11.0 Å². The van der Waals surface area contributed by atoms with Crippen LogP contribution in [-0.4, -0.2) is 16.1 Å². The van der Waals surface area contributed by atoms with Crippen LogP contribution in [0.1, 0.15) is 36.7 Å². The molecule has 0 unspecified atom stereocenters. The Labute approximate surface area is 131 Å². The molecule has 3 heteroatoms. The summed E-state index contributed by atoms with van der Waals surface area (Å²) in [6.07, 6.45) is 0.804. The van der Waals surface area contributed by atoms with Gasteiger partial charge in [-0.3, -0.25) is 0 Å². The molecular weight excluding hydrogens is 270 g/mol. The highest BCUT2D eigenvalue weighted by atomic mass is 15.1. The SMILES string of the molecule is CC(C)c1ccc2c(c1)nc(CCN)n2Cc1ccccc1. The molecule has 0 amide bonds. The number of aromatic nitrogens is 2. The Bertz CT molecular complexity index is 757. The Hall–Kier alpha value is -2.13. The highest BCUT2D eigenvalue weighted by Gasteiger charge is 2.12. The van der Waals surface area contributed by atoms with Gasteiger partial charge in [0.15, 0.2) is 0 Å². The molecule has 2 N–H and O–H groups in total. The molecule has 3 nitrogen and oxygen atoms in total. The van der Waals surface area contributed by atoms with Crippen molar-refractivity contribution in [1.82, 2.24) is 9.55 Å². The van der Waals surface area contributed by atoms with Crippen LogP contribution in [-0.2, 0) is 13.0 Å². The summed E-state index contributed by atoms with van der Waals surface area (Å²) >= 11 is 0. The van der Waals surface area contributed by atoms with Crippen LogP contribution in [0.2, 0.25) is 0 Å². The van der Waals surface area contributed by atoms with Crippen LogP contribution >= 0.6 is 0 Å². The third kappa shape index (κ3) is 2.90. The van der Waals surface area contributed by atoms with Crippen molar-refractivity contribution < 1.29 is 0 Å². The maximum atomic E-state index is 5.77. The molecule has 0 saturated carbocycles. The summed E-state index contributed by atoms with van der Waals surface area (Å²) in [7, 11) is 0. The fourth-order valence-electron chi connectivity index (χ4n) is 2.82. The second-order valence-corrected chi connectivity index (χ2v) is 6.04. The van der Waals surface area contributed by atoms with Crippen molar-refractivity contribution in [3.63, 3.8) is 0 Å². The number of hydrogen-bond donors (Lipinski definition) is 1. The molecular formula is C19H23N3. The maximum Gasteiger partial charge on any atom is 0.111 e. The van der Waals surface area contributed by atoms with E-state index >= 15 is 0 Å². The number of fused-ring (bicyclic) bond motifs is 1. The molecule has 3 rings (SSSR count). The molecule has 0 fully saturated rings. The molecule has 3 aromatic rings. The second-order valence-electron chi connectivity index (χ2n) is 6.04. The van der Waals surface area contributed by atoms with Gasteiger partial charge in [-0.05, 0) is 35.7 Å². The average Bonchev–Trinajstić information content (AvgIpc) is 2.85. The van der Waals surface area contributed by atoms with E-state index in [1.165, 1.54) is 16.6 Å². The van der Waals surface area contributed by atoms with Crippen molar-refractivity contribution in [2.75, 3.05) is 6.54 Å². The standard InChI is InChI=1S/C19H23N3/c1-14(2)16-8-9-18-17(12-16)21-19(10-11-20)22(18)13-15-6-4-3-5-7-15/h3-9,12,14H,10-11,13,20H2,1-2H3. The number of nitrogens with two attached hydrogens (primary N) is 1. The summed E-state index contributed by atoms with van der Waals surface area (Å²) in [6.45, 7) is 5.88. The van der Waals surface area contributed by atoms with Gasteiger partial charge in [0.1, 0.15) is 5.82 Å². The number of hydrogen-bond acceptors (Lipinski definition) is 2. The highest BCUT2D eigenvalue weighted by Crippen LogP contribution is 2.23. The van der Waals surface area contributed by atoms with Crippen LogP contribution in [0.25, 0.3) is 11.0 Å². The fourth-order valence-corrected chi connectivity index (χ4v) is 2.82. The monoisotopic (exact) mass is 293 g/mol. The molecule has 1 aromatic heterocycles. The van der Waals surface area contributed by atoms with E-state index in [2.05, 4.69) is 60.9 Å². The van der Waals surface area contributed by atoms with Gasteiger partial charge >= 0.3 is 0 Å². The van der Waals surface area contributed by atoms with Crippen LogP contribution in [0.4, 0.5) is 0 Å². The zero-order valence-corrected chi connectivity index (χ0v) is 13.3. The van der Waals surface area contributed by atoms with Gasteiger partial charge in [0.05, 0.1) is 11.0 Å². The van der Waals surface area contributed by atoms with Crippen molar-refractivity contribution in [1.29, 1.82) is 0 Å². The zero-order chi connectivity index (χ0) is 15.5. The molecule has 0 spiro atoms. The minimum Gasteiger partial charge on any atom is -0.330 e. The molecule has 0 bridgehead atoms. The molecule has 0 aliphatic heterocycles. The number of imidazole rings is 1. The molecule has 0 aliphatic carbocycles. The summed E-state index contributed by atoms with van der Waals surface area (Å²) in [4.78, 5) is 4.82. The number of nitrogens with zero attached hydrogens (tertiary/aromatic N) is 2. The molecule has 2 aromatic carbocycles. The highest BCUT2D eigenvalue weighted by molar-refractivity contribution is 5.77. The van der Waals surface area contributed by atoms with Crippen molar-refractivity contribution in [2.45, 2.75) is 32.7 Å². The molecule has 0 aliphatic rings. The van der Waals surface area contributed by atoms with E-state index in [1.54, 1.807) is 0 Å². The van der Waals surface area contributed by atoms with E-state index in [0.717, 1.165) is 24.3 Å². The Kier molecular flexibility index (Phi) is 4.25. The topological polar surface area (TPSA) is 43.8 Å². The third-order valence-electron chi connectivity index (χ3n) is 4.07. The van der Waals surface area contributed by atoms with Gasteiger partial charge in [0.2, 0.25) is 0 Å². The van der Waals surface area contributed by atoms with E-state index in [-0.39, 0.29) is 0 Å². The van der Waals surface area contributed by atoms with Gasteiger partial charge in [-0.25, -0.2) is 4.98 Å². The van der Waals surface area contributed by atoms with Gasteiger partial charge in [-0.1, -0.05) is 50.2 Å². The summed E-state index contributed by atoms with van der Waals surface area (Å²) < 4.78 is 2.29. The number of benzene rings is 2. The second kappa shape index (κ2) is 6.32. The summed E-state index contributed by atoms with van der Waals surface area (Å²) in [5.41, 5.74) is 10.7. The van der Waals surface area contributed by atoms with Crippen molar-refractivity contribution in [3.8, 4) is 0 Å². The molecule has 1 heterocycles. The predicted molar refractivity (Wildman–Crippen MR) is 92.1 cm³/mol. The van der Waals surface area contributed by atoms with Gasteiger partial charge < -0.3 is 10.3 Å². The Morgan fingerprint density at radius 2 is 1.86 bits per heavy atom. The lowest BCUT2D eigenvalue weighted by Crippen LogP contribution is -2.10. The largest absolute Gasteiger partial charge is 0.330 e. The van der Waals surface area contributed by atoms with Crippen LogP contribution in [0.3, 0.4) is 0 Å². The molecule has 0 atom stereocenters. The lowest BCUT2D eigenvalue weighted by molar-refractivity contribution is 0.734. The first-order valence-corrected chi connectivity index (χ1v) is 7.92. The van der Waals surface area contributed by atoms with Gasteiger partial charge in [-0.2, -0.15) is 0 Å². The molecule has 0 radical (unpaired) electrons. The van der Waals surface area contributed by atoms with E-state index < -0.39 is 0 Å². The minimum absolute atomic E-state index is 0.515. The van der Waals surface area contributed by atoms with E-state index in [1.807, 2.05) is 6.07 Å². The van der Waals surface area contributed by atoms with Gasteiger partial charge in [0.25, 0.3) is 0 Å². The lowest BCUT2D eigenvalue weighted by atomic mass is 10.0. The maximum absolute atomic E-state index is 5.77. The molecule has 0 saturated heterocycles. The zero-order valence-electron chi connectivity index (χ0n) is 13.3. The lowest BCUT2D eigenvalue weighted by Gasteiger charge is -2.10. The van der Waals surface area contributed by atoms with E-state index in [9.17, 15) is 0 Å². The van der Waals surface area contributed by atoms with Gasteiger partial charge in [-0.15, -0.1) is 0 Å². The average molecular weight is 293 g/mol. The first kappa shape index (κ1) is 14.8. The van der Waals surface area contributed by atoms with Crippen molar-refractivity contribution in [3.05, 3.63) is 65.5 Å². The van der Waals surface area contributed by atoms with Crippen LogP contribution in [0.15, 0.2) is 48.5 Å². The smallest absolute Gasteiger partial charge is 0.111 e. The Morgan fingerprint density at radius 1 is 1.09 bits per heavy atom. The van der Waals surface area contributed by atoms with Crippen LogP contribution < -0.4 is 5.73 Å².